The predicted molar refractivity (Wildman–Crippen MR) is 76.2 cm³/mol. The maximum absolute atomic E-state index is 13.7. The molecule has 6 nitrogen and oxygen atoms in total. The summed E-state index contributed by atoms with van der Waals surface area (Å²) in [6, 6.07) is 5.61. The highest BCUT2D eigenvalue weighted by atomic mass is 32.2. The van der Waals surface area contributed by atoms with Gasteiger partial charge in [-0.05, 0) is 30.7 Å². The molecule has 1 saturated heterocycles. The van der Waals surface area contributed by atoms with Gasteiger partial charge in [-0.2, -0.15) is 9.40 Å². The molecule has 0 N–H and O–H groups in total. The standard InChI is InChI=1S/C14H13F2N3O3S/c15-10-3-4-12(16)13(8-10)23(20,21)19-7-5-11(9-19)22-14-2-1-6-17-18-14/h1-4,6,8,11H,5,7,9H2. The number of nitrogens with zero attached hydrogens (tertiary/aromatic N) is 3. The fraction of sp³-hybridized carbons (Fsp3) is 0.286. The minimum absolute atomic E-state index is 0.0366. The zero-order valence-electron chi connectivity index (χ0n) is 11.9. The monoisotopic (exact) mass is 341 g/mol. The average molecular weight is 341 g/mol. The number of rotatable bonds is 4. The molecule has 9 heteroatoms. The summed E-state index contributed by atoms with van der Waals surface area (Å²) in [4.78, 5) is -0.669. The summed E-state index contributed by atoms with van der Waals surface area (Å²) in [6.07, 6.45) is 1.50. The number of hydrogen-bond acceptors (Lipinski definition) is 5. The van der Waals surface area contributed by atoms with Crippen molar-refractivity contribution in [3.05, 3.63) is 48.2 Å². The van der Waals surface area contributed by atoms with E-state index in [1.165, 1.54) is 6.20 Å². The summed E-state index contributed by atoms with van der Waals surface area (Å²) in [7, 11) is -4.11. The molecule has 0 amide bonds. The Labute approximate surface area is 131 Å². The van der Waals surface area contributed by atoms with Crippen molar-refractivity contribution in [1.82, 2.24) is 14.5 Å². The molecule has 0 aliphatic carbocycles. The molecule has 2 aromatic rings. The van der Waals surface area contributed by atoms with E-state index in [0.717, 1.165) is 16.4 Å². The summed E-state index contributed by atoms with van der Waals surface area (Å²) < 4.78 is 58.5. The maximum atomic E-state index is 13.7. The summed E-state index contributed by atoms with van der Waals surface area (Å²) in [5, 5.41) is 7.43. The Morgan fingerprint density at radius 2 is 2.09 bits per heavy atom. The molecule has 122 valence electrons. The molecule has 0 bridgehead atoms. The number of sulfonamides is 1. The molecule has 1 aliphatic rings. The van der Waals surface area contributed by atoms with Crippen LogP contribution in [0.15, 0.2) is 41.4 Å². The van der Waals surface area contributed by atoms with E-state index in [4.69, 9.17) is 4.74 Å². The van der Waals surface area contributed by atoms with E-state index in [0.29, 0.717) is 12.5 Å². The van der Waals surface area contributed by atoms with Gasteiger partial charge in [0.05, 0.1) is 6.54 Å². The first-order valence-corrected chi connectivity index (χ1v) is 8.30. The molecule has 23 heavy (non-hydrogen) atoms. The predicted octanol–water partition coefficient (Wildman–Crippen LogP) is 1.60. The lowest BCUT2D eigenvalue weighted by Crippen LogP contribution is -2.31. The van der Waals surface area contributed by atoms with Crippen molar-refractivity contribution in [3.8, 4) is 5.88 Å². The second-order valence-corrected chi connectivity index (χ2v) is 6.93. The summed E-state index contributed by atoms with van der Waals surface area (Å²) in [5.41, 5.74) is 0. The lowest BCUT2D eigenvalue weighted by molar-refractivity contribution is 0.204. The highest BCUT2D eigenvalue weighted by Crippen LogP contribution is 2.25. The van der Waals surface area contributed by atoms with Crippen LogP contribution in [-0.2, 0) is 10.0 Å². The zero-order valence-corrected chi connectivity index (χ0v) is 12.7. The zero-order chi connectivity index (χ0) is 16.4. The Kier molecular flexibility index (Phi) is 4.22. The van der Waals surface area contributed by atoms with Crippen LogP contribution in [0, 0.1) is 11.6 Å². The van der Waals surface area contributed by atoms with Crippen molar-refractivity contribution >= 4 is 10.0 Å². The van der Waals surface area contributed by atoms with E-state index in [1.807, 2.05) is 0 Å². The Morgan fingerprint density at radius 1 is 1.26 bits per heavy atom. The van der Waals surface area contributed by atoms with E-state index < -0.39 is 32.7 Å². The minimum Gasteiger partial charge on any atom is -0.472 e. The second-order valence-electron chi connectivity index (χ2n) is 5.03. The molecule has 0 spiro atoms. The van der Waals surface area contributed by atoms with Crippen LogP contribution in [-0.4, -0.2) is 42.1 Å². The molecular formula is C14H13F2N3O3S. The maximum Gasteiger partial charge on any atom is 0.246 e. The first kappa shape index (κ1) is 15.8. The molecule has 0 saturated carbocycles. The summed E-state index contributed by atoms with van der Waals surface area (Å²) >= 11 is 0. The first-order chi connectivity index (χ1) is 11.0. The van der Waals surface area contributed by atoms with Crippen LogP contribution in [0.25, 0.3) is 0 Å². The number of ether oxygens (including phenoxy) is 1. The molecular weight excluding hydrogens is 328 g/mol. The normalized spacial score (nSPS) is 19.0. The Bertz CT molecular complexity index is 802. The smallest absolute Gasteiger partial charge is 0.246 e. The molecule has 1 atom stereocenters. The SMILES string of the molecule is O=S(=O)(c1cc(F)ccc1F)N1CCC(Oc2cccnn2)C1. The van der Waals surface area contributed by atoms with E-state index in [2.05, 4.69) is 10.2 Å². The van der Waals surface area contributed by atoms with Crippen LogP contribution >= 0.6 is 0 Å². The lowest BCUT2D eigenvalue weighted by atomic mass is 10.3. The number of aromatic nitrogens is 2. The lowest BCUT2D eigenvalue weighted by Gasteiger charge is -2.17. The van der Waals surface area contributed by atoms with Crippen LogP contribution in [0.4, 0.5) is 8.78 Å². The first-order valence-electron chi connectivity index (χ1n) is 6.86. The van der Waals surface area contributed by atoms with Gasteiger partial charge in [-0.15, -0.1) is 5.10 Å². The Hall–Kier alpha value is -2.13. The van der Waals surface area contributed by atoms with E-state index in [1.54, 1.807) is 12.1 Å². The van der Waals surface area contributed by atoms with Crippen LogP contribution in [0.3, 0.4) is 0 Å². The van der Waals surface area contributed by atoms with E-state index in [-0.39, 0.29) is 19.0 Å². The molecule has 0 radical (unpaired) electrons. The van der Waals surface area contributed by atoms with Crippen molar-refractivity contribution < 1.29 is 21.9 Å². The van der Waals surface area contributed by atoms with Crippen LogP contribution in [0.5, 0.6) is 5.88 Å². The third-order valence-corrected chi connectivity index (χ3v) is 5.33. The Balaban J connectivity index is 1.76. The molecule has 3 rings (SSSR count). The second kappa shape index (κ2) is 6.17. The van der Waals surface area contributed by atoms with Gasteiger partial charge in [0.2, 0.25) is 15.9 Å². The highest BCUT2D eigenvalue weighted by molar-refractivity contribution is 7.89. The van der Waals surface area contributed by atoms with Gasteiger partial charge in [0, 0.05) is 18.8 Å². The molecule has 1 fully saturated rings. The van der Waals surface area contributed by atoms with Crippen LogP contribution in [0.2, 0.25) is 0 Å². The van der Waals surface area contributed by atoms with Crippen LogP contribution in [0.1, 0.15) is 6.42 Å². The Morgan fingerprint density at radius 3 is 2.83 bits per heavy atom. The summed E-state index contributed by atoms with van der Waals surface area (Å²) in [6.45, 7) is 0.193. The van der Waals surface area contributed by atoms with Gasteiger partial charge in [-0.25, -0.2) is 17.2 Å². The number of halogens is 2. The topological polar surface area (TPSA) is 72.4 Å². The van der Waals surface area contributed by atoms with Gasteiger partial charge < -0.3 is 4.74 Å². The van der Waals surface area contributed by atoms with Gasteiger partial charge in [0.15, 0.2) is 0 Å². The van der Waals surface area contributed by atoms with Crippen LogP contribution < -0.4 is 4.74 Å². The fourth-order valence-electron chi connectivity index (χ4n) is 2.35. The van der Waals surface area contributed by atoms with Crippen molar-refractivity contribution in [1.29, 1.82) is 0 Å². The van der Waals surface area contributed by atoms with Gasteiger partial charge in [0.1, 0.15) is 22.6 Å². The highest BCUT2D eigenvalue weighted by Gasteiger charge is 2.35. The third-order valence-electron chi connectivity index (χ3n) is 3.45. The molecule has 2 heterocycles. The van der Waals surface area contributed by atoms with Gasteiger partial charge in [-0.1, -0.05) is 0 Å². The van der Waals surface area contributed by atoms with Crippen molar-refractivity contribution in [2.24, 2.45) is 0 Å². The molecule has 1 unspecified atom stereocenters. The fourth-order valence-corrected chi connectivity index (χ4v) is 3.91. The van der Waals surface area contributed by atoms with Crippen molar-refractivity contribution in [2.45, 2.75) is 17.4 Å². The largest absolute Gasteiger partial charge is 0.472 e. The third kappa shape index (κ3) is 3.30. The molecule has 1 aliphatic heterocycles. The van der Waals surface area contributed by atoms with Gasteiger partial charge in [-0.3, -0.25) is 0 Å². The molecule has 1 aromatic heterocycles. The van der Waals surface area contributed by atoms with Gasteiger partial charge in [0.25, 0.3) is 0 Å². The van der Waals surface area contributed by atoms with E-state index in [9.17, 15) is 17.2 Å². The van der Waals surface area contributed by atoms with Crippen molar-refractivity contribution in [2.75, 3.05) is 13.1 Å². The molecule has 1 aromatic carbocycles. The summed E-state index contributed by atoms with van der Waals surface area (Å²) in [5.74, 6) is -1.50. The number of hydrogen-bond donors (Lipinski definition) is 0. The quantitative estimate of drug-likeness (QED) is 0.845. The van der Waals surface area contributed by atoms with E-state index >= 15 is 0 Å². The van der Waals surface area contributed by atoms with Crippen molar-refractivity contribution in [3.63, 3.8) is 0 Å². The number of benzene rings is 1. The van der Waals surface area contributed by atoms with Gasteiger partial charge >= 0.3 is 0 Å². The minimum atomic E-state index is -4.11. The average Bonchev–Trinajstić information content (AvgIpc) is 3.00.